The van der Waals surface area contributed by atoms with Gasteiger partial charge in [-0.2, -0.15) is 13.2 Å². The van der Waals surface area contributed by atoms with Crippen molar-refractivity contribution in [1.82, 2.24) is 4.57 Å². The highest BCUT2D eigenvalue weighted by atomic mass is 19.4. The van der Waals surface area contributed by atoms with Crippen molar-refractivity contribution in [3.05, 3.63) is 46.4 Å². The molecule has 0 fully saturated rings. The molecule has 4 nitrogen and oxygen atoms in total. The van der Waals surface area contributed by atoms with Gasteiger partial charge in [0.15, 0.2) is 0 Å². The van der Waals surface area contributed by atoms with Gasteiger partial charge in [0.05, 0.1) is 5.56 Å². The van der Waals surface area contributed by atoms with Crippen molar-refractivity contribution in [2.24, 2.45) is 5.92 Å². The average Bonchev–Trinajstić information content (AvgIpc) is 2.39. The Morgan fingerprint density at radius 2 is 1.86 bits per heavy atom. The van der Waals surface area contributed by atoms with Crippen molar-refractivity contribution in [3.8, 4) is 0 Å². The Bertz CT molecular complexity index is 778. The van der Waals surface area contributed by atoms with Crippen LogP contribution in [0.4, 0.5) is 13.2 Å². The molecular weight excluding hydrogens is 299 g/mol. The van der Waals surface area contributed by atoms with E-state index in [1.165, 1.54) is 18.3 Å². The summed E-state index contributed by atoms with van der Waals surface area (Å²) in [6.45, 7) is 3.25. The Kier molecular flexibility index (Phi) is 4.00. The second-order valence-corrected chi connectivity index (χ2v) is 5.36. The van der Waals surface area contributed by atoms with Gasteiger partial charge in [-0.3, -0.25) is 4.79 Å². The van der Waals surface area contributed by atoms with Gasteiger partial charge in [-0.15, -0.1) is 0 Å². The number of rotatable bonds is 3. The number of aliphatic carboxylic acids is 1. The molecule has 0 radical (unpaired) electrons. The Morgan fingerprint density at radius 3 is 2.36 bits per heavy atom. The van der Waals surface area contributed by atoms with Crippen molar-refractivity contribution in [1.29, 1.82) is 0 Å². The zero-order chi connectivity index (χ0) is 16.7. The molecule has 1 unspecified atom stereocenters. The summed E-state index contributed by atoms with van der Waals surface area (Å²) in [5, 5.41) is 9.42. The summed E-state index contributed by atoms with van der Waals surface area (Å²) >= 11 is 0. The topological polar surface area (TPSA) is 59.3 Å². The average molecular weight is 313 g/mol. The molecule has 1 atom stereocenters. The predicted octanol–water partition coefficient (Wildman–Crippen LogP) is 3.30. The summed E-state index contributed by atoms with van der Waals surface area (Å²) in [5.74, 6) is -1.60. The number of carbonyl (C=O) groups is 1. The van der Waals surface area contributed by atoms with Gasteiger partial charge in [0, 0.05) is 11.6 Å². The predicted molar refractivity (Wildman–Crippen MR) is 74.7 cm³/mol. The summed E-state index contributed by atoms with van der Waals surface area (Å²) < 4.78 is 39.2. The Balaban J connectivity index is 2.72. The van der Waals surface area contributed by atoms with Crippen LogP contribution >= 0.6 is 0 Å². The first kappa shape index (κ1) is 16.1. The fraction of sp³-hybridized carbons (Fsp3) is 0.333. The molecule has 1 N–H and O–H groups in total. The molecule has 0 saturated heterocycles. The first-order valence-corrected chi connectivity index (χ1v) is 6.58. The maximum Gasteiger partial charge on any atom is 0.416 e. The maximum atomic E-state index is 12.8. The molecule has 0 amide bonds. The van der Waals surface area contributed by atoms with Gasteiger partial charge < -0.3 is 9.67 Å². The number of hydrogen-bond acceptors (Lipinski definition) is 2. The minimum absolute atomic E-state index is 0.149. The number of aromatic nitrogens is 1. The Hall–Kier alpha value is -2.31. The molecule has 0 aliphatic heterocycles. The van der Waals surface area contributed by atoms with Crippen LogP contribution in [0.5, 0.6) is 0 Å². The highest BCUT2D eigenvalue weighted by molar-refractivity contribution is 5.83. The van der Waals surface area contributed by atoms with E-state index in [0.29, 0.717) is 5.39 Å². The largest absolute Gasteiger partial charge is 0.480 e. The molecular formula is C15H14F3NO3. The van der Waals surface area contributed by atoms with Gasteiger partial charge in [-0.1, -0.05) is 19.9 Å². The van der Waals surface area contributed by atoms with E-state index in [1.807, 2.05) is 0 Å². The van der Waals surface area contributed by atoms with E-state index in [-0.39, 0.29) is 5.39 Å². The lowest BCUT2D eigenvalue weighted by Crippen LogP contribution is -2.32. The summed E-state index contributed by atoms with van der Waals surface area (Å²) in [7, 11) is 0. The molecule has 118 valence electrons. The van der Waals surface area contributed by atoms with E-state index < -0.39 is 35.2 Å². The van der Waals surface area contributed by atoms with Crippen LogP contribution in [0.1, 0.15) is 25.5 Å². The Labute approximate surface area is 123 Å². The van der Waals surface area contributed by atoms with Crippen LogP contribution in [0.25, 0.3) is 10.8 Å². The van der Waals surface area contributed by atoms with E-state index in [9.17, 15) is 27.9 Å². The number of alkyl halides is 3. The molecule has 2 rings (SSSR count). The minimum Gasteiger partial charge on any atom is -0.480 e. The third-order valence-corrected chi connectivity index (χ3v) is 3.44. The van der Waals surface area contributed by atoms with Crippen LogP contribution in [0.15, 0.2) is 35.3 Å². The second-order valence-electron chi connectivity index (χ2n) is 5.36. The zero-order valence-corrected chi connectivity index (χ0v) is 11.9. The molecule has 0 aliphatic rings. The molecule has 0 spiro atoms. The van der Waals surface area contributed by atoms with Crippen molar-refractivity contribution in [2.75, 3.05) is 0 Å². The fourth-order valence-electron chi connectivity index (χ4n) is 2.37. The van der Waals surface area contributed by atoms with Crippen molar-refractivity contribution < 1.29 is 23.1 Å². The lowest BCUT2D eigenvalue weighted by Gasteiger charge is -2.19. The number of halogens is 3. The van der Waals surface area contributed by atoms with Crippen LogP contribution in [-0.2, 0) is 11.0 Å². The van der Waals surface area contributed by atoms with Gasteiger partial charge in [0.25, 0.3) is 5.56 Å². The van der Waals surface area contributed by atoms with Crippen LogP contribution < -0.4 is 5.56 Å². The van der Waals surface area contributed by atoms with Crippen molar-refractivity contribution in [3.63, 3.8) is 0 Å². The first-order valence-electron chi connectivity index (χ1n) is 6.58. The molecule has 7 heteroatoms. The molecule has 0 aliphatic carbocycles. The molecule has 2 aromatic rings. The van der Waals surface area contributed by atoms with Crippen LogP contribution in [0.3, 0.4) is 0 Å². The number of pyridine rings is 1. The van der Waals surface area contributed by atoms with Gasteiger partial charge in [-0.25, -0.2) is 4.79 Å². The smallest absolute Gasteiger partial charge is 0.416 e. The number of benzene rings is 1. The minimum atomic E-state index is -4.56. The summed E-state index contributed by atoms with van der Waals surface area (Å²) in [5.41, 5.74) is -1.68. The maximum absolute atomic E-state index is 12.8. The van der Waals surface area contributed by atoms with E-state index in [1.54, 1.807) is 13.8 Å². The standard InChI is InChI=1S/C15H14F3NO3/c1-8(2)12(14(21)22)19-6-5-9-3-4-10(15(16,17)18)7-11(9)13(19)20/h3-8,12H,1-2H3,(H,21,22). The van der Waals surface area contributed by atoms with Gasteiger partial charge in [-0.05, 0) is 29.5 Å². The Morgan fingerprint density at radius 1 is 1.23 bits per heavy atom. The number of hydrogen-bond donors (Lipinski definition) is 1. The van der Waals surface area contributed by atoms with E-state index >= 15 is 0 Å². The SMILES string of the molecule is CC(C)C(C(=O)O)n1ccc2ccc(C(F)(F)F)cc2c1=O. The monoisotopic (exact) mass is 313 g/mol. The molecule has 1 heterocycles. The molecule has 22 heavy (non-hydrogen) atoms. The third kappa shape index (κ3) is 2.84. The third-order valence-electron chi connectivity index (χ3n) is 3.44. The van der Waals surface area contributed by atoms with Crippen LogP contribution in [0.2, 0.25) is 0 Å². The van der Waals surface area contributed by atoms with E-state index in [0.717, 1.165) is 16.7 Å². The van der Waals surface area contributed by atoms with Gasteiger partial charge in [0.1, 0.15) is 6.04 Å². The highest BCUT2D eigenvalue weighted by Crippen LogP contribution is 2.30. The number of nitrogens with zero attached hydrogens (tertiary/aromatic N) is 1. The van der Waals surface area contributed by atoms with Crippen LogP contribution in [-0.4, -0.2) is 15.6 Å². The fourth-order valence-corrected chi connectivity index (χ4v) is 2.37. The molecule has 1 aromatic carbocycles. The quantitative estimate of drug-likeness (QED) is 0.946. The van der Waals surface area contributed by atoms with Gasteiger partial charge >= 0.3 is 12.1 Å². The van der Waals surface area contributed by atoms with Crippen LogP contribution in [0, 0.1) is 5.92 Å². The zero-order valence-electron chi connectivity index (χ0n) is 11.9. The first-order chi connectivity index (χ1) is 10.1. The molecule has 0 bridgehead atoms. The summed E-state index contributed by atoms with van der Waals surface area (Å²) in [4.78, 5) is 23.7. The van der Waals surface area contributed by atoms with Gasteiger partial charge in [0.2, 0.25) is 0 Å². The number of carboxylic acids is 1. The number of carboxylic acid groups (broad SMARTS) is 1. The molecule has 0 saturated carbocycles. The van der Waals surface area contributed by atoms with Crippen molar-refractivity contribution in [2.45, 2.75) is 26.1 Å². The lowest BCUT2D eigenvalue weighted by atomic mass is 10.0. The van der Waals surface area contributed by atoms with Crippen molar-refractivity contribution >= 4 is 16.7 Å². The lowest BCUT2D eigenvalue weighted by molar-refractivity contribution is -0.142. The normalized spacial score (nSPS) is 13.5. The summed E-state index contributed by atoms with van der Waals surface area (Å²) in [6.07, 6.45) is -3.26. The van der Waals surface area contributed by atoms with E-state index in [2.05, 4.69) is 0 Å². The van der Waals surface area contributed by atoms with E-state index in [4.69, 9.17) is 0 Å². The second kappa shape index (κ2) is 5.47. The summed E-state index contributed by atoms with van der Waals surface area (Å²) in [6, 6.07) is 3.16. The molecule has 1 aromatic heterocycles. The highest BCUT2D eigenvalue weighted by Gasteiger charge is 2.31. The number of fused-ring (bicyclic) bond motifs is 1.